The average Bonchev–Trinajstić information content (AvgIpc) is 2.52. The summed E-state index contributed by atoms with van der Waals surface area (Å²) in [4.78, 5) is 25.0. The number of halogens is 1. The minimum atomic E-state index is -1.40. The number of hydrogen-bond donors (Lipinski definition) is 2. The molecule has 0 spiro atoms. The monoisotopic (exact) mass is 238 g/mol. The van der Waals surface area contributed by atoms with Crippen molar-refractivity contribution in [3.8, 4) is 0 Å². The van der Waals surface area contributed by atoms with Gasteiger partial charge in [-0.3, -0.25) is 4.57 Å². The molecular weight excluding hydrogens is 227 g/mol. The smallest absolute Gasteiger partial charge is 0.340 e. The average molecular weight is 238 g/mol. The number of aromatic nitrogens is 2. The van der Waals surface area contributed by atoms with Crippen LogP contribution in [0.15, 0.2) is 16.9 Å². The van der Waals surface area contributed by atoms with E-state index in [4.69, 9.17) is 5.11 Å². The third-order valence-electron chi connectivity index (χ3n) is 2.57. The van der Waals surface area contributed by atoms with Crippen molar-refractivity contribution in [1.29, 1.82) is 0 Å². The Labute approximate surface area is 95.5 Å². The number of aromatic carboxylic acids is 1. The maximum absolute atomic E-state index is 13.4. The Morgan fingerprint density at radius 2 is 2.12 bits per heavy atom. The van der Waals surface area contributed by atoms with Crippen molar-refractivity contribution in [2.45, 2.75) is 19.9 Å². The molecule has 0 unspecified atom stereocenters. The Hall–Kier alpha value is -2.11. The lowest BCUT2D eigenvalue weighted by Gasteiger charge is -2.07. The molecule has 90 valence electrons. The van der Waals surface area contributed by atoms with Crippen molar-refractivity contribution < 1.29 is 14.3 Å². The number of nitrogens with one attached hydrogen (secondary N) is 1. The summed E-state index contributed by atoms with van der Waals surface area (Å²) in [5.41, 5.74) is -0.526. The number of fused-ring (bicyclic) bond motifs is 1. The fourth-order valence-electron chi connectivity index (χ4n) is 1.89. The van der Waals surface area contributed by atoms with E-state index in [0.717, 1.165) is 6.07 Å². The van der Waals surface area contributed by atoms with Gasteiger partial charge in [0.15, 0.2) is 0 Å². The van der Waals surface area contributed by atoms with Crippen LogP contribution in [0.2, 0.25) is 0 Å². The quantitative estimate of drug-likeness (QED) is 0.836. The fraction of sp³-hybridized carbons (Fsp3) is 0.273. The molecule has 0 saturated carbocycles. The highest BCUT2D eigenvalue weighted by molar-refractivity contribution is 6.01. The van der Waals surface area contributed by atoms with Gasteiger partial charge in [0.2, 0.25) is 0 Å². The van der Waals surface area contributed by atoms with Crippen molar-refractivity contribution in [2.24, 2.45) is 0 Å². The van der Waals surface area contributed by atoms with Gasteiger partial charge >= 0.3 is 11.7 Å². The lowest BCUT2D eigenvalue weighted by molar-refractivity contribution is 0.0694. The summed E-state index contributed by atoms with van der Waals surface area (Å²) in [6.07, 6.45) is 0. The van der Waals surface area contributed by atoms with Crippen LogP contribution in [-0.2, 0) is 0 Å². The summed E-state index contributed by atoms with van der Waals surface area (Å²) in [6, 6.07) is 2.32. The molecule has 0 aliphatic rings. The molecule has 2 N–H and O–H groups in total. The summed E-state index contributed by atoms with van der Waals surface area (Å²) in [7, 11) is 0. The molecular formula is C11H11FN2O3. The summed E-state index contributed by atoms with van der Waals surface area (Å²) in [5.74, 6) is -2.26. The Morgan fingerprint density at radius 3 is 2.65 bits per heavy atom. The number of benzene rings is 1. The van der Waals surface area contributed by atoms with Gasteiger partial charge in [0.05, 0.1) is 11.0 Å². The first-order valence-electron chi connectivity index (χ1n) is 5.09. The molecule has 0 aliphatic heterocycles. The number of rotatable bonds is 2. The van der Waals surface area contributed by atoms with Gasteiger partial charge < -0.3 is 10.1 Å². The van der Waals surface area contributed by atoms with Crippen molar-refractivity contribution in [3.05, 3.63) is 34.0 Å². The van der Waals surface area contributed by atoms with Gasteiger partial charge in [-0.15, -0.1) is 0 Å². The molecule has 1 aromatic carbocycles. The van der Waals surface area contributed by atoms with Crippen LogP contribution in [0, 0.1) is 5.82 Å². The first-order valence-corrected chi connectivity index (χ1v) is 5.09. The minimum absolute atomic E-state index is 0.0243. The molecule has 1 heterocycles. The van der Waals surface area contributed by atoms with Gasteiger partial charge in [-0.1, -0.05) is 0 Å². The van der Waals surface area contributed by atoms with Crippen LogP contribution in [0.25, 0.3) is 11.0 Å². The largest absolute Gasteiger partial charge is 0.478 e. The van der Waals surface area contributed by atoms with E-state index in [1.54, 1.807) is 13.8 Å². The number of carboxylic acid groups (broad SMARTS) is 1. The predicted molar refractivity (Wildman–Crippen MR) is 59.9 cm³/mol. The van der Waals surface area contributed by atoms with Crippen LogP contribution in [0.5, 0.6) is 0 Å². The number of carboxylic acids is 1. The van der Waals surface area contributed by atoms with Crippen LogP contribution in [0.3, 0.4) is 0 Å². The number of H-pyrrole nitrogens is 1. The Bertz CT molecular complexity index is 655. The van der Waals surface area contributed by atoms with Crippen molar-refractivity contribution in [2.75, 3.05) is 0 Å². The highest BCUT2D eigenvalue weighted by Gasteiger charge is 2.19. The summed E-state index contributed by atoms with van der Waals surface area (Å²) >= 11 is 0. The maximum atomic E-state index is 13.4. The highest BCUT2D eigenvalue weighted by atomic mass is 19.1. The highest BCUT2D eigenvalue weighted by Crippen LogP contribution is 2.21. The van der Waals surface area contributed by atoms with Crippen molar-refractivity contribution in [3.63, 3.8) is 0 Å². The van der Waals surface area contributed by atoms with Crippen LogP contribution < -0.4 is 5.69 Å². The zero-order chi connectivity index (χ0) is 12.7. The fourth-order valence-corrected chi connectivity index (χ4v) is 1.89. The standard InChI is InChI=1S/C11H11FN2O3/c1-5(2)14-7-4-3-6(12)8(10(15)16)9(7)13-11(14)17/h3-5H,1-2H3,(H,13,17)(H,15,16). The third-order valence-corrected chi connectivity index (χ3v) is 2.57. The maximum Gasteiger partial charge on any atom is 0.340 e. The molecule has 6 heteroatoms. The van der Waals surface area contributed by atoms with E-state index in [0.29, 0.717) is 5.52 Å². The number of aromatic amines is 1. The van der Waals surface area contributed by atoms with Crippen LogP contribution in [0.1, 0.15) is 30.2 Å². The molecule has 0 aliphatic carbocycles. The van der Waals surface area contributed by atoms with E-state index in [2.05, 4.69) is 4.98 Å². The van der Waals surface area contributed by atoms with E-state index >= 15 is 0 Å². The van der Waals surface area contributed by atoms with Crippen molar-refractivity contribution in [1.82, 2.24) is 9.55 Å². The number of imidazole rings is 1. The molecule has 17 heavy (non-hydrogen) atoms. The Kier molecular flexibility index (Phi) is 2.49. The number of hydrogen-bond acceptors (Lipinski definition) is 2. The molecule has 0 amide bonds. The van der Waals surface area contributed by atoms with Gasteiger partial charge in [0, 0.05) is 6.04 Å². The molecule has 0 radical (unpaired) electrons. The van der Waals surface area contributed by atoms with Gasteiger partial charge in [0.25, 0.3) is 0 Å². The molecule has 0 fully saturated rings. The Balaban J connectivity index is 2.94. The lowest BCUT2D eigenvalue weighted by Crippen LogP contribution is -2.18. The normalized spacial score (nSPS) is 11.3. The second-order valence-electron chi connectivity index (χ2n) is 4.02. The third kappa shape index (κ3) is 1.61. The van der Waals surface area contributed by atoms with Crippen molar-refractivity contribution >= 4 is 17.0 Å². The van der Waals surface area contributed by atoms with E-state index in [-0.39, 0.29) is 11.6 Å². The molecule has 0 bridgehead atoms. The van der Waals surface area contributed by atoms with Gasteiger partial charge in [-0.25, -0.2) is 14.0 Å². The zero-order valence-electron chi connectivity index (χ0n) is 9.32. The van der Waals surface area contributed by atoms with Crippen LogP contribution >= 0.6 is 0 Å². The summed E-state index contributed by atoms with van der Waals surface area (Å²) in [6.45, 7) is 3.58. The minimum Gasteiger partial charge on any atom is -0.478 e. The van der Waals surface area contributed by atoms with E-state index < -0.39 is 23.0 Å². The molecule has 2 aromatic rings. The molecule has 0 atom stereocenters. The van der Waals surface area contributed by atoms with Gasteiger partial charge in [-0.05, 0) is 26.0 Å². The van der Waals surface area contributed by atoms with E-state index in [9.17, 15) is 14.0 Å². The first kappa shape index (κ1) is 11.4. The van der Waals surface area contributed by atoms with E-state index in [1.165, 1.54) is 10.6 Å². The van der Waals surface area contributed by atoms with Crippen LogP contribution in [-0.4, -0.2) is 20.6 Å². The molecule has 1 aromatic heterocycles. The van der Waals surface area contributed by atoms with E-state index in [1.807, 2.05) is 0 Å². The number of nitrogens with zero attached hydrogens (tertiary/aromatic N) is 1. The Morgan fingerprint density at radius 1 is 1.47 bits per heavy atom. The van der Waals surface area contributed by atoms with Crippen LogP contribution in [0.4, 0.5) is 4.39 Å². The first-order chi connectivity index (χ1) is 7.93. The van der Waals surface area contributed by atoms with Gasteiger partial charge in [-0.2, -0.15) is 0 Å². The topological polar surface area (TPSA) is 75.1 Å². The molecule has 5 nitrogen and oxygen atoms in total. The second kappa shape index (κ2) is 3.73. The number of carbonyl (C=O) groups is 1. The lowest BCUT2D eigenvalue weighted by atomic mass is 10.1. The summed E-state index contributed by atoms with van der Waals surface area (Å²) in [5, 5.41) is 8.93. The molecule has 2 rings (SSSR count). The predicted octanol–water partition coefficient (Wildman–Crippen LogP) is 1.75. The zero-order valence-corrected chi connectivity index (χ0v) is 9.32. The second-order valence-corrected chi connectivity index (χ2v) is 4.02. The SMILES string of the molecule is CC(C)n1c(=O)[nH]c2c(C(=O)O)c(F)ccc21. The molecule has 0 saturated heterocycles. The van der Waals surface area contributed by atoms with Gasteiger partial charge in [0.1, 0.15) is 11.4 Å². The summed E-state index contributed by atoms with van der Waals surface area (Å²) < 4.78 is 14.8.